The van der Waals surface area contributed by atoms with Gasteiger partial charge in [-0.3, -0.25) is 9.59 Å². The monoisotopic (exact) mass is 390 g/mol. The highest BCUT2D eigenvalue weighted by atomic mass is 32.1. The topological polar surface area (TPSA) is 88.6 Å². The first kappa shape index (κ1) is 17.7. The third-order valence-corrected chi connectivity index (χ3v) is 5.17. The van der Waals surface area contributed by atoms with Crippen molar-refractivity contribution < 1.29 is 9.18 Å². The molecule has 0 saturated carbocycles. The number of benzene rings is 2. The van der Waals surface area contributed by atoms with Crippen molar-refractivity contribution >= 4 is 27.3 Å². The lowest BCUT2D eigenvalue weighted by atomic mass is 10.0. The van der Waals surface area contributed by atoms with E-state index in [9.17, 15) is 19.2 Å². The number of hydrogen-bond acceptors (Lipinski definition) is 6. The van der Waals surface area contributed by atoms with E-state index in [0.29, 0.717) is 16.2 Å². The van der Waals surface area contributed by atoms with Crippen LogP contribution < -0.4 is 5.56 Å². The molecule has 1 atom stereocenters. The van der Waals surface area contributed by atoms with E-state index in [1.54, 1.807) is 6.07 Å². The van der Waals surface area contributed by atoms with Gasteiger partial charge in [-0.2, -0.15) is 15.0 Å². The summed E-state index contributed by atoms with van der Waals surface area (Å²) >= 11 is 1.27. The molecule has 28 heavy (non-hydrogen) atoms. The summed E-state index contributed by atoms with van der Waals surface area (Å²) in [5.74, 6) is -2.15. The Kier molecular flexibility index (Phi) is 4.51. The smallest absolute Gasteiger partial charge is 0.271 e. The standard InChI is InChI=1S/C20H11FN4O2S/c21-12-5-7-13(8-6-12)25-18(26)10-9-16(24-25)19(27)14(11-22)20-23-15-3-1-2-4-17(15)28-20/h1-10,14H/t14-/m0/s1. The van der Waals surface area contributed by atoms with Crippen LogP contribution in [0, 0.1) is 17.1 Å². The van der Waals surface area contributed by atoms with Crippen LogP contribution in [-0.2, 0) is 0 Å². The first-order valence-corrected chi connectivity index (χ1v) is 9.04. The second kappa shape index (κ2) is 7.13. The van der Waals surface area contributed by atoms with Crippen LogP contribution >= 0.6 is 11.3 Å². The zero-order valence-electron chi connectivity index (χ0n) is 14.2. The summed E-state index contributed by atoms with van der Waals surface area (Å²) < 4.78 is 15.0. The van der Waals surface area contributed by atoms with Gasteiger partial charge in [0, 0.05) is 6.07 Å². The Bertz CT molecular complexity index is 1260. The van der Waals surface area contributed by atoms with Crippen LogP contribution in [0.1, 0.15) is 21.4 Å². The molecular formula is C20H11FN4O2S. The summed E-state index contributed by atoms with van der Waals surface area (Å²) in [6.07, 6.45) is 0. The Balaban J connectivity index is 1.74. The lowest BCUT2D eigenvalue weighted by Gasteiger charge is -2.08. The van der Waals surface area contributed by atoms with Gasteiger partial charge in [0.2, 0.25) is 5.78 Å². The van der Waals surface area contributed by atoms with Gasteiger partial charge in [0.05, 0.1) is 22.0 Å². The highest BCUT2D eigenvalue weighted by molar-refractivity contribution is 7.18. The van der Waals surface area contributed by atoms with Crippen molar-refractivity contribution in [2.45, 2.75) is 5.92 Å². The summed E-state index contributed by atoms with van der Waals surface area (Å²) in [5.41, 5.74) is 0.501. The van der Waals surface area contributed by atoms with E-state index in [2.05, 4.69) is 10.1 Å². The number of thiazole rings is 1. The maximum absolute atomic E-state index is 13.1. The molecular weight excluding hydrogens is 379 g/mol. The van der Waals surface area contributed by atoms with Gasteiger partial charge in [-0.25, -0.2) is 9.37 Å². The van der Waals surface area contributed by atoms with Crippen LogP contribution in [-0.4, -0.2) is 20.5 Å². The van der Waals surface area contributed by atoms with E-state index in [4.69, 9.17) is 0 Å². The number of nitrogens with zero attached hydrogens (tertiary/aromatic N) is 4. The Morgan fingerprint density at radius 2 is 1.86 bits per heavy atom. The summed E-state index contributed by atoms with van der Waals surface area (Å²) in [7, 11) is 0. The second-order valence-electron chi connectivity index (χ2n) is 5.89. The highest BCUT2D eigenvalue weighted by Gasteiger charge is 2.27. The Morgan fingerprint density at radius 3 is 2.57 bits per heavy atom. The van der Waals surface area contributed by atoms with E-state index in [1.165, 1.54) is 47.7 Å². The summed E-state index contributed by atoms with van der Waals surface area (Å²) in [6, 6.07) is 17.0. The predicted octanol–water partition coefficient (Wildman–Crippen LogP) is 3.47. The molecule has 4 rings (SSSR count). The van der Waals surface area contributed by atoms with Crippen molar-refractivity contribution in [3.05, 3.63) is 87.5 Å². The van der Waals surface area contributed by atoms with Crippen LogP contribution in [0.3, 0.4) is 0 Å². The van der Waals surface area contributed by atoms with Crippen molar-refractivity contribution in [2.75, 3.05) is 0 Å². The molecule has 8 heteroatoms. The molecule has 0 fully saturated rings. The van der Waals surface area contributed by atoms with Crippen LogP contribution in [0.5, 0.6) is 0 Å². The van der Waals surface area contributed by atoms with Gasteiger partial charge < -0.3 is 0 Å². The lowest BCUT2D eigenvalue weighted by Crippen LogP contribution is -2.24. The van der Waals surface area contributed by atoms with Crippen molar-refractivity contribution in [1.29, 1.82) is 5.26 Å². The molecule has 0 aliphatic rings. The predicted molar refractivity (Wildman–Crippen MR) is 102 cm³/mol. The first-order chi connectivity index (χ1) is 13.6. The van der Waals surface area contributed by atoms with Gasteiger partial charge in [-0.15, -0.1) is 11.3 Å². The number of halogens is 1. The lowest BCUT2D eigenvalue weighted by molar-refractivity contribution is 0.0972. The average Bonchev–Trinajstić information content (AvgIpc) is 3.13. The molecule has 0 aliphatic carbocycles. The molecule has 0 spiro atoms. The molecule has 0 N–H and O–H groups in total. The third-order valence-electron chi connectivity index (χ3n) is 4.07. The SMILES string of the molecule is N#C[C@@H](C(=O)c1ccc(=O)n(-c2ccc(F)cc2)n1)c1nc2ccccc2s1. The number of hydrogen-bond donors (Lipinski definition) is 0. The zero-order valence-corrected chi connectivity index (χ0v) is 15.1. The van der Waals surface area contributed by atoms with Crippen molar-refractivity contribution in [2.24, 2.45) is 0 Å². The molecule has 0 radical (unpaired) electrons. The molecule has 4 aromatic rings. The van der Waals surface area contributed by atoms with Gasteiger partial charge >= 0.3 is 0 Å². The Hall–Kier alpha value is -3.70. The third kappa shape index (κ3) is 3.19. The second-order valence-corrected chi connectivity index (χ2v) is 6.95. The van der Waals surface area contributed by atoms with E-state index < -0.39 is 23.1 Å². The van der Waals surface area contributed by atoms with Gasteiger partial charge in [0.1, 0.15) is 16.5 Å². The van der Waals surface area contributed by atoms with Crippen LogP contribution in [0.2, 0.25) is 0 Å². The summed E-state index contributed by atoms with van der Waals surface area (Å²) in [5, 5.41) is 14.0. The molecule has 2 heterocycles. The van der Waals surface area contributed by atoms with Crippen molar-refractivity contribution in [3.8, 4) is 11.8 Å². The van der Waals surface area contributed by atoms with E-state index in [0.717, 1.165) is 9.38 Å². The van der Waals surface area contributed by atoms with Crippen LogP contribution in [0.15, 0.2) is 65.5 Å². The number of carbonyl (C=O) groups is 1. The number of Topliss-reactive ketones (excluding diaryl/α,β-unsaturated/α-hetero) is 1. The minimum atomic E-state index is -1.14. The molecule has 0 saturated heterocycles. The van der Waals surface area contributed by atoms with E-state index >= 15 is 0 Å². The van der Waals surface area contributed by atoms with Gasteiger partial charge in [0.25, 0.3) is 5.56 Å². The van der Waals surface area contributed by atoms with Gasteiger partial charge in [-0.1, -0.05) is 12.1 Å². The fraction of sp³-hybridized carbons (Fsp3) is 0.0500. The molecule has 0 unspecified atom stereocenters. The number of nitriles is 1. The maximum atomic E-state index is 13.1. The fourth-order valence-electron chi connectivity index (χ4n) is 2.70. The summed E-state index contributed by atoms with van der Waals surface area (Å²) in [4.78, 5) is 29.4. The quantitative estimate of drug-likeness (QED) is 0.498. The van der Waals surface area contributed by atoms with Crippen LogP contribution in [0.4, 0.5) is 4.39 Å². The van der Waals surface area contributed by atoms with Gasteiger partial charge in [0.15, 0.2) is 5.92 Å². The minimum absolute atomic E-state index is 0.0465. The Morgan fingerprint density at radius 1 is 1.11 bits per heavy atom. The molecule has 0 amide bonds. The van der Waals surface area contributed by atoms with Crippen molar-refractivity contribution in [1.82, 2.24) is 14.8 Å². The van der Waals surface area contributed by atoms with Crippen LogP contribution in [0.25, 0.3) is 15.9 Å². The van der Waals surface area contributed by atoms with Crippen molar-refractivity contribution in [3.63, 3.8) is 0 Å². The maximum Gasteiger partial charge on any atom is 0.271 e. The number of para-hydroxylation sites is 1. The normalized spacial score (nSPS) is 11.9. The fourth-order valence-corrected chi connectivity index (χ4v) is 3.71. The largest absolute Gasteiger partial charge is 0.290 e. The molecule has 2 aromatic carbocycles. The molecule has 2 aromatic heterocycles. The zero-order chi connectivity index (χ0) is 19.7. The molecule has 6 nitrogen and oxygen atoms in total. The first-order valence-electron chi connectivity index (χ1n) is 8.22. The number of carbonyl (C=O) groups excluding carboxylic acids is 1. The van der Waals surface area contributed by atoms with Gasteiger partial charge in [-0.05, 0) is 42.5 Å². The Labute approximate surface area is 162 Å². The minimum Gasteiger partial charge on any atom is -0.290 e. The number of aromatic nitrogens is 3. The molecule has 136 valence electrons. The number of rotatable bonds is 4. The highest BCUT2D eigenvalue weighted by Crippen LogP contribution is 2.29. The molecule has 0 bridgehead atoms. The average molecular weight is 390 g/mol. The number of fused-ring (bicyclic) bond motifs is 1. The van der Waals surface area contributed by atoms with E-state index in [-0.39, 0.29) is 5.69 Å². The number of ketones is 1. The molecule has 0 aliphatic heterocycles. The summed E-state index contributed by atoms with van der Waals surface area (Å²) in [6.45, 7) is 0. The van der Waals surface area contributed by atoms with E-state index in [1.807, 2.05) is 24.3 Å².